The Bertz CT molecular complexity index is 841. The molecule has 2 aromatic carbocycles. The standard InChI is InChI=1S/C19H18ClNO5/c1-11-18(26-15-6-3-2-5-14(15)25-11)19(22)21-13-10-17-16(9-12(13)20)23-7-4-8-24-17/h2-3,5-6,9-11,18H,4,7-8H2,1H3,(H,21,22)/t11-,18+/m1/s1. The Hall–Kier alpha value is -2.60. The van der Waals surface area contributed by atoms with Crippen LogP contribution in [0.3, 0.4) is 0 Å². The molecule has 0 spiro atoms. The Balaban J connectivity index is 1.54. The summed E-state index contributed by atoms with van der Waals surface area (Å²) in [7, 11) is 0. The van der Waals surface area contributed by atoms with E-state index in [1.807, 2.05) is 12.1 Å². The van der Waals surface area contributed by atoms with Crippen LogP contribution in [0.1, 0.15) is 13.3 Å². The predicted molar refractivity (Wildman–Crippen MR) is 96.6 cm³/mol. The van der Waals surface area contributed by atoms with Crippen LogP contribution in [-0.4, -0.2) is 31.3 Å². The van der Waals surface area contributed by atoms with Crippen LogP contribution in [0.4, 0.5) is 5.69 Å². The molecule has 0 saturated heterocycles. The van der Waals surface area contributed by atoms with Gasteiger partial charge in [-0.25, -0.2) is 0 Å². The van der Waals surface area contributed by atoms with Crippen LogP contribution in [0.25, 0.3) is 0 Å². The van der Waals surface area contributed by atoms with Crippen molar-refractivity contribution in [2.45, 2.75) is 25.6 Å². The summed E-state index contributed by atoms with van der Waals surface area (Å²) in [4.78, 5) is 12.7. The summed E-state index contributed by atoms with van der Waals surface area (Å²) in [6.45, 7) is 2.91. The van der Waals surface area contributed by atoms with Crippen molar-refractivity contribution in [1.82, 2.24) is 0 Å². The number of rotatable bonds is 2. The normalized spacial score (nSPS) is 20.8. The fourth-order valence-electron chi connectivity index (χ4n) is 2.89. The number of carbonyl (C=O) groups is 1. The quantitative estimate of drug-likeness (QED) is 0.867. The van der Waals surface area contributed by atoms with E-state index in [0.717, 1.165) is 6.42 Å². The van der Waals surface area contributed by atoms with Crippen molar-refractivity contribution in [2.24, 2.45) is 0 Å². The number of anilines is 1. The number of hydrogen-bond acceptors (Lipinski definition) is 5. The first kappa shape index (κ1) is 16.8. The van der Waals surface area contributed by atoms with E-state index in [1.54, 1.807) is 31.2 Å². The highest BCUT2D eigenvalue weighted by Gasteiger charge is 2.34. The topological polar surface area (TPSA) is 66.0 Å². The molecule has 0 fully saturated rings. The summed E-state index contributed by atoms with van der Waals surface area (Å²) in [5.74, 6) is 1.95. The van der Waals surface area contributed by atoms with Crippen molar-refractivity contribution in [3.05, 3.63) is 41.4 Å². The molecule has 26 heavy (non-hydrogen) atoms. The maximum atomic E-state index is 12.7. The van der Waals surface area contributed by atoms with Gasteiger partial charge in [-0.3, -0.25) is 4.79 Å². The van der Waals surface area contributed by atoms with E-state index in [-0.39, 0.29) is 5.91 Å². The van der Waals surface area contributed by atoms with Gasteiger partial charge in [0.25, 0.3) is 5.91 Å². The Kier molecular flexibility index (Phi) is 4.51. The maximum absolute atomic E-state index is 12.7. The van der Waals surface area contributed by atoms with E-state index >= 15 is 0 Å². The lowest BCUT2D eigenvalue weighted by Gasteiger charge is -2.31. The van der Waals surface area contributed by atoms with E-state index in [1.165, 1.54) is 0 Å². The molecular formula is C19H18ClNO5. The molecule has 2 heterocycles. The minimum Gasteiger partial charge on any atom is -0.490 e. The van der Waals surface area contributed by atoms with Crippen LogP contribution in [-0.2, 0) is 4.79 Å². The van der Waals surface area contributed by atoms with Crippen LogP contribution in [0.15, 0.2) is 36.4 Å². The Morgan fingerprint density at radius 3 is 2.42 bits per heavy atom. The molecule has 2 aliphatic rings. The highest BCUT2D eigenvalue weighted by atomic mass is 35.5. The second-order valence-corrected chi connectivity index (χ2v) is 6.53. The molecule has 7 heteroatoms. The molecule has 2 aromatic rings. The van der Waals surface area contributed by atoms with Crippen LogP contribution in [0.2, 0.25) is 5.02 Å². The number of benzene rings is 2. The lowest BCUT2D eigenvalue weighted by molar-refractivity contribution is -0.128. The number of amides is 1. The van der Waals surface area contributed by atoms with E-state index in [2.05, 4.69) is 5.32 Å². The Labute approximate surface area is 156 Å². The van der Waals surface area contributed by atoms with Gasteiger partial charge in [-0.1, -0.05) is 23.7 Å². The van der Waals surface area contributed by atoms with Gasteiger partial charge < -0.3 is 24.3 Å². The van der Waals surface area contributed by atoms with E-state index in [9.17, 15) is 4.79 Å². The van der Waals surface area contributed by atoms with Gasteiger partial charge in [-0.2, -0.15) is 0 Å². The fourth-order valence-corrected chi connectivity index (χ4v) is 3.09. The molecule has 0 bridgehead atoms. The van der Waals surface area contributed by atoms with E-state index < -0.39 is 12.2 Å². The number of para-hydroxylation sites is 2. The molecule has 0 saturated carbocycles. The molecule has 0 aliphatic carbocycles. The smallest absolute Gasteiger partial charge is 0.269 e. The lowest BCUT2D eigenvalue weighted by Crippen LogP contribution is -2.46. The number of nitrogens with one attached hydrogen (secondary N) is 1. The third-order valence-corrected chi connectivity index (χ3v) is 4.51. The molecule has 6 nitrogen and oxygen atoms in total. The molecule has 2 atom stereocenters. The first-order valence-corrected chi connectivity index (χ1v) is 8.82. The Morgan fingerprint density at radius 1 is 1.04 bits per heavy atom. The van der Waals surface area contributed by atoms with Crippen molar-refractivity contribution in [3.8, 4) is 23.0 Å². The number of hydrogen-bond donors (Lipinski definition) is 1. The van der Waals surface area contributed by atoms with Crippen molar-refractivity contribution < 1.29 is 23.7 Å². The molecule has 0 aromatic heterocycles. The summed E-state index contributed by atoms with van der Waals surface area (Å²) in [6.07, 6.45) is -0.445. The third kappa shape index (κ3) is 3.24. The fraction of sp³-hybridized carbons (Fsp3) is 0.316. The summed E-state index contributed by atoms with van der Waals surface area (Å²) < 4.78 is 22.8. The molecule has 0 radical (unpaired) electrons. The summed E-state index contributed by atoms with van der Waals surface area (Å²) >= 11 is 6.29. The minimum atomic E-state index is -0.794. The van der Waals surface area contributed by atoms with Gasteiger partial charge >= 0.3 is 0 Å². The van der Waals surface area contributed by atoms with Crippen LogP contribution in [0, 0.1) is 0 Å². The van der Waals surface area contributed by atoms with Crippen LogP contribution in [0.5, 0.6) is 23.0 Å². The summed E-state index contributed by atoms with van der Waals surface area (Å²) in [6, 6.07) is 10.6. The zero-order valence-corrected chi connectivity index (χ0v) is 14.9. The third-order valence-electron chi connectivity index (χ3n) is 4.20. The largest absolute Gasteiger partial charge is 0.490 e. The minimum absolute atomic E-state index is 0.344. The lowest BCUT2D eigenvalue weighted by atomic mass is 10.1. The summed E-state index contributed by atoms with van der Waals surface area (Å²) in [5.41, 5.74) is 0.440. The number of carbonyl (C=O) groups excluding carboxylic acids is 1. The van der Waals surface area contributed by atoms with Gasteiger partial charge in [0.2, 0.25) is 6.10 Å². The molecule has 0 unspecified atom stereocenters. The van der Waals surface area contributed by atoms with Gasteiger partial charge in [0.15, 0.2) is 23.0 Å². The predicted octanol–water partition coefficient (Wildman–Crippen LogP) is 3.67. The second-order valence-electron chi connectivity index (χ2n) is 6.13. The zero-order chi connectivity index (χ0) is 18.1. The average Bonchev–Trinajstić information content (AvgIpc) is 2.86. The molecule has 4 rings (SSSR count). The Morgan fingerprint density at radius 2 is 1.69 bits per heavy atom. The van der Waals surface area contributed by atoms with Gasteiger partial charge in [-0.15, -0.1) is 0 Å². The SMILES string of the molecule is C[C@H]1Oc2ccccc2O[C@@H]1C(=O)Nc1cc2c(cc1Cl)OCCCO2. The zero-order valence-electron chi connectivity index (χ0n) is 14.2. The summed E-state index contributed by atoms with van der Waals surface area (Å²) in [5, 5.41) is 3.17. The van der Waals surface area contributed by atoms with E-state index in [0.29, 0.717) is 46.9 Å². The highest BCUT2D eigenvalue weighted by molar-refractivity contribution is 6.34. The molecule has 136 valence electrons. The van der Waals surface area contributed by atoms with Crippen LogP contribution >= 0.6 is 11.6 Å². The molecule has 1 N–H and O–H groups in total. The first-order valence-electron chi connectivity index (χ1n) is 8.44. The number of fused-ring (bicyclic) bond motifs is 2. The van der Waals surface area contributed by atoms with Gasteiger partial charge in [-0.05, 0) is 19.1 Å². The monoisotopic (exact) mass is 375 g/mol. The highest BCUT2D eigenvalue weighted by Crippen LogP contribution is 2.38. The van der Waals surface area contributed by atoms with Crippen molar-refractivity contribution >= 4 is 23.2 Å². The molecule has 1 amide bonds. The van der Waals surface area contributed by atoms with Gasteiger partial charge in [0, 0.05) is 18.6 Å². The average molecular weight is 376 g/mol. The van der Waals surface area contributed by atoms with Gasteiger partial charge in [0.05, 0.1) is 23.9 Å². The van der Waals surface area contributed by atoms with Crippen molar-refractivity contribution in [2.75, 3.05) is 18.5 Å². The first-order chi connectivity index (χ1) is 12.6. The maximum Gasteiger partial charge on any atom is 0.269 e. The van der Waals surface area contributed by atoms with Crippen molar-refractivity contribution in [3.63, 3.8) is 0 Å². The van der Waals surface area contributed by atoms with Crippen LogP contribution < -0.4 is 24.3 Å². The molecular weight excluding hydrogens is 358 g/mol. The van der Waals surface area contributed by atoms with E-state index in [4.69, 9.17) is 30.5 Å². The van der Waals surface area contributed by atoms with Crippen molar-refractivity contribution in [1.29, 1.82) is 0 Å². The molecule has 2 aliphatic heterocycles. The number of ether oxygens (including phenoxy) is 4. The second kappa shape index (κ2) is 6.96. The number of halogens is 1. The van der Waals surface area contributed by atoms with Gasteiger partial charge in [0.1, 0.15) is 6.10 Å².